The van der Waals surface area contributed by atoms with E-state index in [9.17, 15) is 19.8 Å². The molecule has 0 saturated carbocycles. The maximum atomic E-state index is 12.5. The Hall–Kier alpha value is -1.74. The largest absolute Gasteiger partial charge is 0.507 e. The molecule has 2 N–H and O–H groups in total. The van der Waals surface area contributed by atoms with Crippen LogP contribution in [0.2, 0.25) is 0 Å². The summed E-state index contributed by atoms with van der Waals surface area (Å²) in [4.78, 5) is 26.1. The molecule has 7 nitrogen and oxygen atoms in total. The number of likely N-dealkylation sites (N-methyl/N-ethyl adjacent to an activating group) is 1. The number of amides is 1. The fourth-order valence-corrected chi connectivity index (χ4v) is 4.44. The minimum Gasteiger partial charge on any atom is -0.507 e. The fourth-order valence-electron chi connectivity index (χ4n) is 4.44. The first kappa shape index (κ1) is 28.5. The molecule has 3 rings (SSSR count). The number of fused-ring (bicyclic) bond motifs is 1. The summed E-state index contributed by atoms with van der Waals surface area (Å²) in [6.07, 6.45) is 17.0. The summed E-state index contributed by atoms with van der Waals surface area (Å²) in [5.74, 6) is -1.15. The van der Waals surface area contributed by atoms with E-state index in [-0.39, 0.29) is 77.0 Å². The summed E-state index contributed by atoms with van der Waals surface area (Å²) in [5, 5.41) is 20.5. The first-order valence-corrected chi connectivity index (χ1v) is 11.3. The van der Waals surface area contributed by atoms with Gasteiger partial charge in [0.1, 0.15) is 29.6 Å². The van der Waals surface area contributed by atoms with Gasteiger partial charge in [0, 0.05) is 43.0 Å². The molecule has 0 bridgehead atoms. The van der Waals surface area contributed by atoms with Crippen LogP contribution in [0.5, 0.6) is 0 Å². The van der Waals surface area contributed by atoms with Crippen molar-refractivity contribution in [2.45, 2.75) is 63.8 Å². The van der Waals surface area contributed by atoms with Crippen molar-refractivity contribution in [3.05, 3.63) is 72.1 Å². The Kier molecular flexibility index (Phi) is 10.7. The number of carbonyl (C=O) groups is 2. The van der Waals surface area contributed by atoms with Gasteiger partial charge in [-0.3, -0.25) is 9.59 Å². The van der Waals surface area contributed by atoms with E-state index in [1.165, 1.54) is 11.0 Å². The normalized spacial score (nSPS) is 33.6. The number of allylic oxidation sites excluding steroid dienone is 9. The number of hydrogen-bond donors (Lipinski definition) is 2. The monoisotopic (exact) mass is 478 g/mol. The van der Waals surface area contributed by atoms with Gasteiger partial charge in [-0.2, -0.15) is 0 Å². The van der Waals surface area contributed by atoms with Crippen molar-refractivity contribution in [3.63, 3.8) is 0 Å². The summed E-state index contributed by atoms with van der Waals surface area (Å²) in [5.41, 5.74) is -0.160. The van der Waals surface area contributed by atoms with Crippen LogP contribution in [-0.2, 0) is 19.1 Å². The maximum absolute atomic E-state index is 12.5. The van der Waals surface area contributed by atoms with Gasteiger partial charge in [-0.25, -0.2) is 0 Å². The van der Waals surface area contributed by atoms with Crippen molar-refractivity contribution >= 4 is 41.2 Å². The third-order valence-electron chi connectivity index (χ3n) is 6.01. The van der Waals surface area contributed by atoms with Crippen LogP contribution < -0.4 is 0 Å². The summed E-state index contributed by atoms with van der Waals surface area (Å²) < 4.78 is 11.5. The Morgan fingerprint density at radius 3 is 2.18 bits per heavy atom. The van der Waals surface area contributed by atoms with Gasteiger partial charge in [0.2, 0.25) is 0 Å². The van der Waals surface area contributed by atoms with E-state index in [2.05, 4.69) is 0 Å². The zero-order chi connectivity index (χ0) is 24.1. The molecular formula is C26H33NNaO6. The minimum atomic E-state index is -0.646. The first-order chi connectivity index (χ1) is 15.7. The molecule has 0 aromatic heterocycles. The van der Waals surface area contributed by atoms with Gasteiger partial charge < -0.3 is 24.6 Å². The van der Waals surface area contributed by atoms with E-state index in [0.29, 0.717) is 0 Å². The van der Waals surface area contributed by atoms with Gasteiger partial charge in [-0.05, 0) is 18.9 Å². The van der Waals surface area contributed by atoms with Gasteiger partial charge in [0.15, 0.2) is 5.78 Å². The molecule has 0 aromatic rings. The molecule has 3 fully saturated rings. The zero-order valence-electron chi connectivity index (χ0n) is 20.5. The van der Waals surface area contributed by atoms with Crippen LogP contribution in [-0.4, -0.2) is 100.0 Å². The number of hydrogen-bond acceptors (Lipinski definition) is 6. The second-order valence-corrected chi connectivity index (χ2v) is 8.90. The summed E-state index contributed by atoms with van der Waals surface area (Å²) >= 11 is 0. The molecule has 0 aromatic carbocycles. The van der Waals surface area contributed by atoms with Gasteiger partial charge >= 0.3 is 0 Å². The molecule has 3 aliphatic rings. The van der Waals surface area contributed by atoms with Crippen LogP contribution in [0.1, 0.15) is 27.2 Å². The second kappa shape index (κ2) is 12.8. The van der Waals surface area contributed by atoms with Crippen LogP contribution in [0.25, 0.3) is 0 Å². The van der Waals surface area contributed by atoms with E-state index >= 15 is 0 Å². The summed E-state index contributed by atoms with van der Waals surface area (Å²) in [6.45, 7) is 5.72. The number of likely N-dealkylation sites (tertiary alicyclic amines) is 1. The van der Waals surface area contributed by atoms with Gasteiger partial charge in [0.05, 0.1) is 18.2 Å². The number of rotatable bonds is 7. The summed E-state index contributed by atoms with van der Waals surface area (Å²) in [6, 6.07) is -0.539. The predicted molar refractivity (Wildman–Crippen MR) is 131 cm³/mol. The molecule has 1 radical (unpaired) electrons. The number of ketones is 1. The number of Topliss-reactive ketones (excluding diaryl/α,β-unsaturated/α-hetero) is 1. The number of nitrogens with zero attached hydrogens (tertiary/aromatic N) is 1. The number of ether oxygens (including phenoxy) is 2. The zero-order valence-corrected chi connectivity index (χ0v) is 22.5. The van der Waals surface area contributed by atoms with Gasteiger partial charge in [0.25, 0.3) is 5.91 Å². The number of aliphatic hydroxyl groups is 2. The molecule has 6 atom stereocenters. The topological polar surface area (TPSA) is 96.3 Å². The van der Waals surface area contributed by atoms with Crippen LogP contribution >= 0.6 is 0 Å². The van der Waals surface area contributed by atoms with Crippen molar-refractivity contribution in [2.24, 2.45) is 5.92 Å². The van der Waals surface area contributed by atoms with E-state index in [1.54, 1.807) is 31.4 Å². The molecule has 3 heterocycles. The van der Waals surface area contributed by atoms with Crippen molar-refractivity contribution in [3.8, 4) is 0 Å². The Labute approximate surface area is 223 Å². The van der Waals surface area contributed by atoms with Gasteiger partial charge in [-0.1, -0.05) is 68.5 Å². The Balaban J connectivity index is 0.00000408. The predicted octanol–water partition coefficient (Wildman–Crippen LogP) is 2.57. The smallest absolute Gasteiger partial charge is 0.261 e. The van der Waals surface area contributed by atoms with E-state index in [4.69, 9.17) is 9.47 Å². The third-order valence-corrected chi connectivity index (χ3v) is 6.01. The molecule has 3 saturated heterocycles. The third kappa shape index (κ3) is 6.47. The van der Waals surface area contributed by atoms with Crippen molar-refractivity contribution < 1.29 is 29.3 Å². The van der Waals surface area contributed by atoms with Crippen molar-refractivity contribution in [1.82, 2.24) is 4.90 Å². The quantitative estimate of drug-likeness (QED) is 0.192. The van der Waals surface area contributed by atoms with E-state index in [1.807, 2.05) is 51.2 Å². The number of aliphatic hydroxyl groups excluding tert-OH is 2. The average molecular weight is 479 g/mol. The van der Waals surface area contributed by atoms with Gasteiger partial charge in [-0.15, -0.1) is 0 Å². The second-order valence-electron chi connectivity index (χ2n) is 8.90. The average Bonchev–Trinajstić information content (AvgIpc) is 3.33. The molecule has 34 heavy (non-hydrogen) atoms. The van der Waals surface area contributed by atoms with Crippen molar-refractivity contribution in [2.75, 3.05) is 7.05 Å². The molecule has 1 amide bonds. The van der Waals surface area contributed by atoms with E-state index in [0.717, 1.165) is 6.42 Å². The molecule has 0 spiro atoms. The maximum Gasteiger partial charge on any atom is 0.261 e. The fraction of sp³-hybridized carbons (Fsp3) is 0.462. The Morgan fingerprint density at radius 1 is 1.03 bits per heavy atom. The Bertz CT molecular complexity index is 932. The molecule has 179 valence electrons. The molecule has 0 aliphatic carbocycles. The SMILES string of the molecule is CC1CC2OC(C=CC=CC=C\C=C/C=C\C(O)=C3\C(=O)C(C(C)C)N(C)C3=O)C(O)C2O1.[Na]. The molecular weight excluding hydrogens is 445 g/mol. The first-order valence-electron chi connectivity index (χ1n) is 11.3. The van der Waals surface area contributed by atoms with E-state index < -0.39 is 18.1 Å². The Morgan fingerprint density at radius 2 is 1.62 bits per heavy atom. The van der Waals surface area contributed by atoms with Crippen LogP contribution in [0.15, 0.2) is 72.1 Å². The molecule has 6 unspecified atom stereocenters. The standard InChI is InChI=1S/C26H33NO6.Na/c1-16(2)22-24(30)21(26(31)27(22)4)18(28)13-11-9-7-5-6-8-10-12-14-19-23(29)25-20(33-19)15-17(3)32-25;/h5-14,16-17,19-20,22-23,25,28-29H,15H2,1-4H3;/b6-5?,9-7-,10-8?,13-11-,14-12?,21-18+;. The molecule has 8 heteroatoms. The minimum absolute atomic E-state index is 0. The van der Waals surface area contributed by atoms with Crippen LogP contribution in [0.3, 0.4) is 0 Å². The van der Waals surface area contributed by atoms with Crippen molar-refractivity contribution in [1.29, 1.82) is 0 Å². The molecule has 3 aliphatic heterocycles. The van der Waals surface area contributed by atoms with Crippen LogP contribution in [0, 0.1) is 5.92 Å². The summed E-state index contributed by atoms with van der Waals surface area (Å²) in [7, 11) is 1.57. The number of carbonyl (C=O) groups excluding carboxylic acids is 2. The van der Waals surface area contributed by atoms with Crippen LogP contribution in [0.4, 0.5) is 0 Å².